The molecule has 6 N–H and O–H groups in total. The van der Waals surface area contributed by atoms with Gasteiger partial charge in [0.15, 0.2) is 0 Å². The molecule has 0 aliphatic carbocycles. The minimum Gasteiger partial charge on any atom is -0.358 e. The van der Waals surface area contributed by atoms with Crippen molar-refractivity contribution in [3.63, 3.8) is 0 Å². The normalized spacial score (nSPS) is 17.6. The molecular formula is C31H36N4O8S2. The molecule has 240 valence electrons. The van der Waals surface area contributed by atoms with Gasteiger partial charge in [0.25, 0.3) is 32.1 Å². The average Bonchev–Trinajstić information content (AvgIpc) is 3.58. The predicted octanol–water partition coefficient (Wildman–Crippen LogP) is 3.36. The fourth-order valence-corrected chi connectivity index (χ4v) is 6.53. The Morgan fingerprint density at radius 2 is 1.02 bits per heavy atom. The molecule has 2 aromatic rings. The van der Waals surface area contributed by atoms with Crippen LogP contribution in [0.4, 0.5) is 0 Å². The Kier molecular flexibility index (Phi) is 9.45. The lowest BCUT2D eigenvalue weighted by atomic mass is 10.0. The van der Waals surface area contributed by atoms with Crippen LogP contribution in [-0.4, -0.2) is 59.2 Å². The molecule has 2 aliphatic rings. The van der Waals surface area contributed by atoms with Crippen LogP contribution >= 0.6 is 0 Å². The summed E-state index contributed by atoms with van der Waals surface area (Å²) in [4.78, 5) is 31.2. The SMILES string of the molecule is C=CC1=C(C)C(=O)NC1=Cc1[nH]c(Cc2[nH]c(C=C3NC(=O)C(C)=C3C=C)c(C)c2CCS(=O)(=O)O)c(CCS(=O)(=O)O)c1C. The molecule has 0 spiro atoms. The molecule has 0 fully saturated rings. The van der Waals surface area contributed by atoms with Crippen molar-refractivity contribution in [1.29, 1.82) is 0 Å². The lowest BCUT2D eigenvalue weighted by molar-refractivity contribution is -0.117. The number of hydrogen-bond acceptors (Lipinski definition) is 6. The summed E-state index contributed by atoms with van der Waals surface area (Å²) in [5.41, 5.74) is 8.29. The van der Waals surface area contributed by atoms with Crippen molar-refractivity contribution >= 4 is 44.2 Å². The van der Waals surface area contributed by atoms with Crippen molar-refractivity contribution < 1.29 is 35.5 Å². The fraction of sp³-hybridized carbons (Fsp3) is 0.290. The van der Waals surface area contributed by atoms with Crippen molar-refractivity contribution in [1.82, 2.24) is 20.6 Å². The molecule has 0 aromatic carbocycles. The summed E-state index contributed by atoms with van der Waals surface area (Å²) < 4.78 is 65.8. The van der Waals surface area contributed by atoms with Crippen LogP contribution in [0.2, 0.25) is 0 Å². The molecule has 0 saturated carbocycles. The van der Waals surface area contributed by atoms with Crippen LogP contribution in [0.25, 0.3) is 12.2 Å². The average molecular weight is 657 g/mol. The van der Waals surface area contributed by atoms with E-state index in [4.69, 9.17) is 0 Å². The predicted molar refractivity (Wildman–Crippen MR) is 172 cm³/mol. The molecule has 4 rings (SSSR count). The molecule has 0 saturated heterocycles. The molecule has 0 bridgehead atoms. The third kappa shape index (κ3) is 7.36. The molecule has 4 heterocycles. The van der Waals surface area contributed by atoms with E-state index in [1.165, 1.54) is 0 Å². The summed E-state index contributed by atoms with van der Waals surface area (Å²) in [6.07, 6.45) is 6.71. The van der Waals surface area contributed by atoms with Crippen molar-refractivity contribution in [2.24, 2.45) is 0 Å². The molecule has 2 aromatic heterocycles. The van der Waals surface area contributed by atoms with Gasteiger partial charge in [-0.2, -0.15) is 16.8 Å². The number of H-pyrrole nitrogens is 2. The van der Waals surface area contributed by atoms with Crippen molar-refractivity contribution in [3.8, 4) is 0 Å². The minimum atomic E-state index is -4.30. The summed E-state index contributed by atoms with van der Waals surface area (Å²) in [5.74, 6) is -1.59. The van der Waals surface area contributed by atoms with Gasteiger partial charge in [0.05, 0.1) is 22.9 Å². The molecule has 45 heavy (non-hydrogen) atoms. The molecule has 14 heteroatoms. The number of carbonyl (C=O) groups is 2. The molecule has 0 atom stereocenters. The summed E-state index contributed by atoms with van der Waals surface area (Å²) >= 11 is 0. The summed E-state index contributed by atoms with van der Waals surface area (Å²) in [6, 6.07) is 0. The van der Waals surface area contributed by atoms with Crippen LogP contribution < -0.4 is 10.6 Å². The fourth-order valence-electron chi connectivity index (χ4n) is 5.61. The smallest absolute Gasteiger partial charge is 0.265 e. The Morgan fingerprint density at radius 1 is 0.667 bits per heavy atom. The minimum absolute atomic E-state index is 0.0229. The van der Waals surface area contributed by atoms with E-state index in [0.29, 0.717) is 78.7 Å². The van der Waals surface area contributed by atoms with E-state index in [0.717, 1.165) is 0 Å². The maximum atomic E-state index is 12.3. The third-order valence-corrected chi connectivity index (χ3v) is 9.58. The Bertz CT molecular complexity index is 1840. The van der Waals surface area contributed by atoms with Crippen LogP contribution in [0.3, 0.4) is 0 Å². The van der Waals surface area contributed by atoms with E-state index < -0.39 is 31.7 Å². The Labute approximate surface area is 262 Å². The number of nitrogens with one attached hydrogen (secondary N) is 4. The zero-order valence-corrected chi connectivity index (χ0v) is 27.1. The van der Waals surface area contributed by atoms with Gasteiger partial charge < -0.3 is 20.6 Å². The zero-order chi connectivity index (χ0) is 33.4. The number of hydrogen-bond donors (Lipinski definition) is 6. The third-order valence-electron chi connectivity index (χ3n) is 8.14. The van der Waals surface area contributed by atoms with E-state index in [1.807, 2.05) is 0 Å². The van der Waals surface area contributed by atoms with Gasteiger partial charge in [-0.15, -0.1) is 0 Å². The number of aromatic amines is 2. The maximum absolute atomic E-state index is 12.3. The van der Waals surface area contributed by atoms with Crippen LogP contribution in [0.1, 0.15) is 58.9 Å². The van der Waals surface area contributed by atoms with E-state index in [1.54, 1.807) is 52.0 Å². The Balaban J connectivity index is 1.85. The van der Waals surface area contributed by atoms with E-state index >= 15 is 0 Å². The topological polar surface area (TPSA) is 199 Å². The van der Waals surface area contributed by atoms with Crippen LogP contribution in [0.15, 0.2) is 59.0 Å². The number of carbonyl (C=O) groups excluding carboxylic acids is 2. The monoisotopic (exact) mass is 656 g/mol. The number of amides is 2. The highest BCUT2D eigenvalue weighted by Gasteiger charge is 2.26. The molecule has 2 amide bonds. The van der Waals surface area contributed by atoms with Gasteiger partial charge in [0, 0.05) is 51.5 Å². The second-order valence-corrected chi connectivity index (χ2v) is 14.1. The summed E-state index contributed by atoms with van der Waals surface area (Å²) in [6.45, 7) is 14.5. The summed E-state index contributed by atoms with van der Waals surface area (Å²) in [5, 5.41) is 5.60. The van der Waals surface area contributed by atoms with Crippen LogP contribution in [0, 0.1) is 13.8 Å². The van der Waals surface area contributed by atoms with Gasteiger partial charge in [-0.3, -0.25) is 18.7 Å². The Hall–Kier alpha value is -4.24. The van der Waals surface area contributed by atoms with Crippen molar-refractivity contribution in [3.05, 3.63) is 104 Å². The van der Waals surface area contributed by atoms with Crippen LogP contribution in [-0.2, 0) is 49.1 Å². The van der Waals surface area contributed by atoms with Gasteiger partial charge >= 0.3 is 0 Å². The van der Waals surface area contributed by atoms with Gasteiger partial charge in [-0.05, 0) is 74.9 Å². The summed E-state index contributed by atoms with van der Waals surface area (Å²) in [7, 11) is -8.60. The molecule has 0 radical (unpaired) electrons. The highest BCUT2D eigenvalue weighted by Crippen LogP contribution is 2.31. The second kappa shape index (κ2) is 12.6. The first-order chi connectivity index (χ1) is 20.9. The number of allylic oxidation sites excluding steroid dienone is 2. The molecule has 12 nitrogen and oxygen atoms in total. The van der Waals surface area contributed by atoms with E-state index in [-0.39, 0.29) is 31.1 Å². The van der Waals surface area contributed by atoms with Gasteiger partial charge in [0.2, 0.25) is 0 Å². The van der Waals surface area contributed by atoms with Gasteiger partial charge in [-0.1, -0.05) is 25.3 Å². The second-order valence-electron chi connectivity index (χ2n) is 11.0. The molecule has 0 unspecified atom stereocenters. The standard InChI is InChI=1S/C31H36N4O8S2/c1-7-20-18(5)30(36)34-26(20)13-24-16(3)22(9-11-44(38,39)40)28(32-24)15-29-23(10-12-45(41,42)43)17(4)25(33-29)14-27-21(8-2)19(6)31(37)35-27/h7-8,13-14,32-33H,1-2,9-12,15H2,3-6H3,(H,34,36)(H,35,37)(H,38,39,40)(H,41,42,43). The quantitative estimate of drug-likeness (QED) is 0.187. The number of aromatic nitrogens is 2. The Morgan fingerprint density at radius 3 is 1.33 bits per heavy atom. The first kappa shape index (κ1) is 33.6. The zero-order valence-electron chi connectivity index (χ0n) is 25.4. The lowest BCUT2D eigenvalue weighted by Crippen LogP contribution is -2.15. The van der Waals surface area contributed by atoms with E-state index in [2.05, 4.69) is 33.8 Å². The maximum Gasteiger partial charge on any atom is 0.265 e. The van der Waals surface area contributed by atoms with Gasteiger partial charge in [0.1, 0.15) is 0 Å². The van der Waals surface area contributed by atoms with Crippen molar-refractivity contribution in [2.75, 3.05) is 11.5 Å². The largest absolute Gasteiger partial charge is 0.358 e. The first-order valence-corrected chi connectivity index (χ1v) is 17.2. The number of rotatable bonds is 12. The van der Waals surface area contributed by atoms with Gasteiger partial charge in [-0.25, -0.2) is 0 Å². The van der Waals surface area contributed by atoms with E-state index in [9.17, 15) is 35.5 Å². The highest BCUT2D eigenvalue weighted by atomic mass is 32.2. The molecule has 2 aliphatic heterocycles. The van der Waals surface area contributed by atoms with Crippen molar-refractivity contribution in [2.45, 2.75) is 47.0 Å². The van der Waals surface area contributed by atoms with Crippen LogP contribution in [0.5, 0.6) is 0 Å². The lowest BCUT2D eigenvalue weighted by Gasteiger charge is -2.07. The molecular weight excluding hydrogens is 620 g/mol. The highest BCUT2D eigenvalue weighted by molar-refractivity contribution is 7.86. The first-order valence-electron chi connectivity index (χ1n) is 14.0.